The van der Waals surface area contributed by atoms with Gasteiger partial charge in [0.1, 0.15) is 0 Å². The molecule has 1 atom stereocenters. The molecule has 0 bridgehead atoms. The first-order chi connectivity index (χ1) is 7.49. The lowest BCUT2D eigenvalue weighted by Crippen LogP contribution is -2.11. The van der Waals surface area contributed by atoms with Crippen molar-refractivity contribution < 1.29 is 9.90 Å². The van der Waals surface area contributed by atoms with Crippen LogP contribution in [0.1, 0.15) is 24.0 Å². The van der Waals surface area contributed by atoms with Crippen molar-refractivity contribution in [3.63, 3.8) is 0 Å². The molecule has 0 aromatic heterocycles. The number of halogens is 1. The van der Waals surface area contributed by atoms with E-state index in [1.54, 1.807) is 25.1 Å². The van der Waals surface area contributed by atoms with Gasteiger partial charge in [0.05, 0.1) is 16.6 Å². The Balaban J connectivity index is 3.36. The van der Waals surface area contributed by atoms with Gasteiger partial charge in [-0.3, -0.25) is 4.79 Å². The molecule has 0 radical (unpaired) electrons. The maximum absolute atomic E-state index is 11.0. The first-order valence-electron chi connectivity index (χ1n) is 4.89. The Bertz CT molecular complexity index is 429. The van der Waals surface area contributed by atoms with Crippen molar-refractivity contribution in [3.8, 4) is 0 Å². The number of rotatable bonds is 4. The Morgan fingerprint density at radius 3 is 2.81 bits per heavy atom. The van der Waals surface area contributed by atoms with Gasteiger partial charge in [-0.05, 0) is 30.5 Å². The van der Waals surface area contributed by atoms with Crippen LogP contribution < -0.4 is 5.73 Å². The molecule has 0 saturated heterocycles. The van der Waals surface area contributed by atoms with E-state index in [1.165, 1.54) is 0 Å². The van der Waals surface area contributed by atoms with Crippen LogP contribution in [0, 0.1) is 0 Å². The van der Waals surface area contributed by atoms with Crippen LogP contribution >= 0.6 is 11.6 Å². The van der Waals surface area contributed by atoms with Crippen LogP contribution in [0.3, 0.4) is 0 Å². The summed E-state index contributed by atoms with van der Waals surface area (Å²) in [5.74, 6) is -1.59. The average Bonchev–Trinajstić information content (AvgIpc) is 2.23. The molecule has 0 spiro atoms. The van der Waals surface area contributed by atoms with Crippen molar-refractivity contribution in [1.82, 2.24) is 0 Å². The molecule has 16 heavy (non-hydrogen) atoms. The van der Waals surface area contributed by atoms with Crippen molar-refractivity contribution in [2.24, 2.45) is 0 Å². The molecule has 0 heterocycles. The van der Waals surface area contributed by atoms with Crippen LogP contribution in [0.4, 0.5) is 5.69 Å². The predicted molar refractivity (Wildman–Crippen MR) is 65.8 cm³/mol. The van der Waals surface area contributed by atoms with Gasteiger partial charge in [-0.2, -0.15) is 0 Å². The largest absolute Gasteiger partial charge is 0.481 e. The maximum Gasteiger partial charge on any atom is 0.310 e. The smallest absolute Gasteiger partial charge is 0.310 e. The average molecular weight is 240 g/mol. The molecule has 1 aromatic carbocycles. The minimum absolute atomic E-state index is 0.328. The van der Waals surface area contributed by atoms with Gasteiger partial charge in [0.2, 0.25) is 0 Å². The molecule has 0 aliphatic carbocycles. The molecule has 1 rings (SSSR count). The van der Waals surface area contributed by atoms with E-state index in [2.05, 4.69) is 6.58 Å². The predicted octanol–water partition coefficient (Wildman–Crippen LogP) is 2.84. The van der Waals surface area contributed by atoms with Crippen molar-refractivity contribution in [3.05, 3.63) is 40.9 Å². The quantitative estimate of drug-likeness (QED) is 0.627. The van der Waals surface area contributed by atoms with E-state index >= 15 is 0 Å². The molecule has 1 unspecified atom stereocenters. The van der Waals surface area contributed by atoms with Crippen molar-refractivity contribution in [2.45, 2.75) is 19.3 Å². The second-order valence-electron chi connectivity index (χ2n) is 3.59. The van der Waals surface area contributed by atoms with Crippen LogP contribution in [0.25, 0.3) is 0 Å². The zero-order chi connectivity index (χ0) is 12.3. The molecule has 3 N–H and O–H groups in total. The van der Waals surface area contributed by atoms with E-state index in [4.69, 9.17) is 22.4 Å². The number of carboxylic acid groups (broad SMARTS) is 1. The van der Waals surface area contributed by atoms with Gasteiger partial charge in [0.25, 0.3) is 0 Å². The Morgan fingerprint density at radius 2 is 2.31 bits per heavy atom. The lowest BCUT2D eigenvalue weighted by Gasteiger charge is -2.15. The Kier molecular flexibility index (Phi) is 3.96. The molecule has 86 valence electrons. The number of hydrogen-bond acceptors (Lipinski definition) is 2. The van der Waals surface area contributed by atoms with E-state index in [1.807, 2.05) is 0 Å². The summed E-state index contributed by atoms with van der Waals surface area (Å²) in [6.45, 7) is 5.22. The zero-order valence-electron chi connectivity index (χ0n) is 9.03. The molecule has 1 aromatic rings. The lowest BCUT2D eigenvalue weighted by molar-refractivity contribution is -0.138. The van der Waals surface area contributed by atoms with Gasteiger partial charge < -0.3 is 10.8 Å². The topological polar surface area (TPSA) is 63.3 Å². The SMILES string of the molecule is C=CCc1ccc(N)c(Cl)c1C(C)C(=O)O. The van der Waals surface area contributed by atoms with Crippen LogP contribution in [-0.2, 0) is 11.2 Å². The van der Waals surface area contributed by atoms with Gasteiger partial charge in [0.15, 0.2) is 0 Å². The Hall–Kier alpha value is -1.48. The van der Waals surface area contributed by atoms with E-state index in [0.29, 0.717) is 22.7 Å². The number of benzene rings is 1. The highest BCUT2D eigenvalue weighted by atomic mass is 35.5. The third kappa shape index (κ3) is 2.36. The molecule has 0 fully saturated rings. The van der Waals surface area contributed by atoms with Crippen LogP contribution in [0.15, 0.2) is 24.8 Å². The Morgan fingerprint density at radius 1 is 1.69 bits per heavy atom. The second-order valence-corrected chi connectivity index (χ2v) is 3.97. The molecule has 4 heteroatoms. The summed E-state index contributed by atoms with van der Waals surface area (Å²) in [6.07, 6.45) is 2.28. The van der Waals surface area contributed by atoms with E-state index in [9.17, 15) is 4.79 Å². The Labute approximate surface area is 99.5 Å². The summed E-state index contributed by atoms with van der Waals surface area (Å²) in [5, 5.41) is 9.35. The van der Waals surface area contributed by atoms with Gasteiger partial charge in [-0.1, -0.05) is 23.7 Å². The zero-order valence-corrected chi connectivity index (χ0v) is 9.79. The molecule has 3 nitrogen and oxygen atoms in total. The van der Waals surface area contributed by atoms with E-state index in [0.717, 1.165) is 5.56 Å². The minimum atomic E-state index is -0.919. The van der Waals surface area contributed by atoms with Gasteiger partial charge >= 0.3 is 5.97 Å². The van der Waals surface area contributed by atoms with Crippen molar-refractivity contribution in [1.29, 1.82) is 0 Å². The number of carboxylic acids is 1. The molecule has 0 aliphatic rings. The van der Waals surface area contributed by atoms with Crippen molar-refractivity contribution >= 4 is 23.3 Å². The van der Waals surface area contributed by atoms with Crippen molar-refractivity contribution in [2.75, 3.05) is 5.73 Å². The number of hydrogen-bond donors (Lipinski definition) is 2. The normalized spacial score (nSPS) is 12.1. The van der Waals surface area contributed by atoms with Gasteiger partial charge in [-0.25, -0.2) is 0 Å². The monoisotopic (exact) mass is 239 g/mol. The minimum Gasteiger partial charge on any atom is -0.481 e. The summed E-state index contributed by atoms with van der Waals surface area (Å²) < 4.78 is 0. The lowest BCUT2D eigenvalue weighted by atomic mass is 9.93. The van der Waals surface area contributed by atoms with Gasteiger partial charge in [-0.15, -0.1) is 6.58 Å². The molecule has 0 aliphatic heterocycles. The summed E-state index contributed by atoms with van der Waals surface area (Å²) in [5.41, 5.74) is 7.50. The number of aliphatic carboxylic acids is 1. The molecule has 0 amide bonds. The third-order valence-corrected chi connectivity index (χ3v) is 2.89. The summed E-state index contributed by atoms with van der Waals surface area (Å²) in [6, 6.07) is 3.47. The number of nitrogen functional groups attached to an aromatic ring is 1. The fourth-order valence-electron chi connectivity index (χ4n) is 1.57. The number of nitrogens with two attached hydrogens (primary N) is 1. The first-order valence-corrected chi connectivity index (χ1v) is 5.27. The fraction of sp³-hybridized carbons (Fsp3) is 0.250. The summed E-state index contributed by atoms with van der Waals surface area (Å²) in [7, 11) is 0. The highest BCUT2D eigenvalue weighted by Gasteiger charge is 2.21. The number of anilines is 1. The number of allylic oxidation sites excluding steroid dienone is 1. The fourth-order valence-corrected chi connectivity index (χ4v) is 1.92. The van der Waals surface area contributed by atoms with E-state index < -0.39 is 11.9 Å². The maximum atomic E-state index is 11.0. The molecular formula is C12H14ClNO2. The highest BCUT2D eigenvalue weighted by molar-refractivity contribution is 6.34. The van der Waals surface area contributed by atoms with Crippen LogP contribution in [0.2, 0.25) is 5.02 Å². The molecular weight excluding hydrogens is 226 g/mol. The first kappa shape index (κ1) is 12.6. The number of carbonyl (C=O) groups is 1. The second kappa shape index (κ2) is 5.03. The highest BCUT2D eigenvalue weighted by Crippen LogP contribution is 2.33. The third-order valence-electron chi connectivity index (χ3n) is 2.47. The van der Waals surface area contributed by atoms with Gasteiger partial charge in [0, 0.05) is 0 Å². The summed E-state index contributed by atoms with van der Waals surface area (Å²) >= 11 is 6.05. The standard InChI is InChI=1S/C12H14ClNO2/c1-3-4-8-5-6-9(14)11(13)10(8)7(2)12(15)16/h3,5-7H,1,4,14H2,2H3,(H,15,16). The molecule has 0 saturated carbocycles. The summed E-state index contributed by atoms with van der Waals surface area (Å²) in [4.78, 5) is 11.0. The van der Waals surface area contributed by atoms with Crippen LogP contribution in [-0.4, -0.2) is 11.1 Å². The van der Waals surface area contributed by atoms with Crippen LogP contribution in [0.5, 0.6) is 0 Å². The van der Waals surface area contributed by atoms with E-state index in [-0.39, 0.29) is 0 Å².